The lowest BCUT2D eigenvalue weighted by molar-refractivity contribution is -0.153. The first-order valence-corrected chi connectivity index (χ1v) is 22.3. The topological polar surface area (TPSA) is 82.1 Å². The third kappa shape index (κ3) is 37.6. The van der Waals surface area contributed by atoms with Gasteiger partial charge in [-0.15, -0.1) is 0 Å². The van der Waals surface area contributed by atoms with Crippen LogP contribution in [0.1, 0.15) is 188 Å². The Morgan fingerprint density at radius 1 is 0.426 bits per heavy atom. The minimum Gasteiger partial charge on any atom is -0.465 e. The van der Waals surface area contributed by atoms with Crippen molar-refractivity contribution in [3.8, 4) is 0 Å². The summed E-state index contributed by atoms with van der Waals surface area (Å²) in [5.74, 6) is -1.19. The lowest BCUT2D eigenvalue weighted by atomic mass is 10.1. The van der Waals surface area contributed by atoms with E-state index in [1.807, 2.05) is 0 Å². The quantitative estimate of drug-likeness (QED) is 0.0267. The molecule has 0 heterocycles. The van der Waals surface area contributed by atoms with E-state index in [4.69, 9.17) is 14.2 Å². The Bertz CT molecular complexity index is 921. The average Bonchev–Trinajstić information content (AvgIpc) is 3.17. The van der Waals surface area contributed by atoms with Crippen LogP contribution in [0, 0.1) is 5.92 Å². The van der Waals surface area contributed by atoms with Crippen LogP contribution < -0.4 is 0 Å². The van der Waals surface area contributed by atoms with Crippen LogP contribution in [0.4, 0.5) is 0 Å². The summed E-state index contributed by atoms with van der Waals surface area (Å²) in [6.07, 6.45) is 44.1. The average molecular weight is 758 g/mol. The van der Waals surface area contributed by atoms with Crippen LogP contribution in [0.2, 0.25) is 0 Å². The summed E-state index contributed by atoms with van der Waals surface area (Å²) >= 11 is 0. The number of hydrogen-bond acceptors (Lipinski definition) is 7. The molecule has 0 bridgehead atoms. The Labute approximate surface area is 332 Å². The number of nitrogens with zero attached hydrogens (tertiary/aromatic N) is 1. The number of carbonyl (C=O) groups excluding carboxylic acids is 3. The normalized spacial score (nSPS) is 12.5. The monoisotopic (exact) mass is 758 g/mol. The highest BCUT2D eigenvalue weighted by Gasteiger charge is 2.18. The molecule has 312 valence electrons. The molecule has 7 heteroatoms. The predicted molar refractivity (Wildman–Crippen MR) is 227 cm³/mol. The molecule has 0 aromatic rings. The summed E-state index contributed by atoms with van der Waals surface area (Å²) in [7, 11) is 0. The standard InChI is InChI=1S/C47H83NO6/c1-5-9-11-13-15-17-19-21-23-25-27-29-31-33-35-37-45(49)52-41-44(43-54-47(51)39-40-48(7-3)8-4)42-53-46(50)38-36-34-32-30-28-26-24-22-20-18-16-14-12-10-6-2/h15-18,21-24,44H,5-14,19-20,25-43H2,1-4H3. The van der Waals surface area contributed by atoms with Crippen LogP contribution in [-0.4, -0.2) is 62.3 Å². The van der Waals surface area contributed by atoms with E-state index in [1.54, 1.807) is 0 Å². The fourth-order valence-electron chi connectivity index (χ4n) is 5.94. The molecule has 0 amide bonds. The Hall–Kier alpha value is -2.67. The van der Waals surface area contributed by atoms with Gasteiger partial charge in [-0.05, 0) is 90.1 Å². The fraction of sp³-hybridized carbons (Fsp3) is 0.766. The molecule has 0 aliphatic heterocycles. The highest BCUT2D eigenvalue weighted by Crippen LogP contribution is 2.12. The van der Waals surface area contributed by atoms with Gasteiger partial charge in [-0.2, -0.15) is 0 Å². The van der Waals surface area contributed by atoms with Crippen molar-refractivity contribution in [2.45, 2.75) is 188 Å². The number of allylic oxidation sites excluding steroid dienone is 8. The van der Waals surface area contributed by atoms with Gasteiger partial charge in [0, 0.05) is 19.4 Å². The van der Waals surface area contributed by atoms with Gasteiger partial charge in [-0.25, -0.2) is 0 Å². The molecule has 0 aliphatic carbocycles. The molecule has 0 saturated heterocycles. The maximum atomic E-state index is 12.5. The smallest absolute Gasteiger partial charge is 0.307 e. The largest absolute Gasteiger partial charge is 0.465 e. The lowest BCUT2D eigenvalue weighted by Crippen LogP contribution is -2.29. The van der Waals surface area contributed by atoms with Crippen molar-refractivity contribution in [2.75, 3.05) is 39.5 Å². The number of unbranched alkanes of at least 4 members (excludes halogenated alkanes) is 16. The molecule has 0 spiro atoms. The lowest BCUT2D eigenvalue weighted by Gasteiger charge is -2.19. The van der Waals surface area contributed by atoms with Crippen LogP contribution in [0.25, 0.3) is 0 Å². The number of esters is 3. The number of hydrogen-bond donors (Lipinski definition) is 0. The van der Waals surface area contributed by atoms with Crippen molar-refractivity contribution in [3.05, 3.63) is 48.6 Å². The number of carbonyl (C=O) groups is 3. The van der Waals surface area contributed by atoms with E-state index in [2.05, 4.69) is 81.2 Å². The van der Waals surface area contributed by atoms with Crippen molar-refractivity contribution in [3.63, 3.8) is 0 Å². The molecule has 0 unspecified atom stereocenters. The molecule has 0 radical (unpaired) electrons. The summed E-state index contributed by atoms with van der Waals surface area (Å²) in [5.41, 5.74) is 0. The second kappa shape index (κ2) is 41.5. The summed E-state index contributed by atoms with van der Waals surface area (Å²) in [6.45, 7) is 11.2. The summed E-state index contributed by atoms with van der Waals surface area (Å²) < 4.78 is 16.6. The summed E-state index contributed by atoms with van der Waals surface area (Å²) in [4.78, 5) is 39.6. The molecule has 54 heavy (non-hydrogen) atoms. The second-order valence-electron chi connectivity index (χ2n) is 14.7. The first-order valence-electron chi connectivity index (χ1n) is 22.3. The van der Waals surface area contributed by atoms with Crippen LogP contribution in [0.15, 0.2) is 48.6 Å². The molecule has 0 N–H and O–H groups in total. The third-order valence-corrected chi connectivity index (χ3v) is 9.63. The van der Waals surface area contributed by atoms with Crippen molar-refractivity contribution in [1.29, 1.82) is 0 Å². The summed E-state index contributed by atoms with van der Waals surface area (Å²) in [5, 5.41) is 0. The predicted octanol–water partition coefficient (Wildman–Crippen LogP) is 12.6. The Balaban J connectivity index is 4.31. The van der Waals surface area contributed by atoms with E-state index in [-0.39, 0.29) is 43.6 Å². The minimum atomic E-state index is -0.385. The molecule has 0 rings (SSSR count). The third-order valence-electron chi connectivity index (χ3n) is 9.63. The van der Waals surface area contributed by atoms with Gasteiger partial charge in [0.05, 0.1) is 12.3 Å². The maximum absolute atomic E-state index is 12.5. The van der Waals surface area contributed by atoms with Gasteiger partial charge >= 0.3 is 17.9 Å². The first-order chi connectivity index (χ1) is 26.5. The Morgan fingerprint density at radius 3 is 1.13 bits per heavy atom. The molecular weight excluding hydrogens is 675 g/mol. The zero-order valence-electron chi connectivity index (χ0n) is 35.5. The SMILES string of the molecule is CCCCCC=CCC=CCCCCCCCC(=O)OCC(COC(=O)CCCCCCCC=CCC=CCCCCC)COC(=O)CCN(CC)CC. The maximum Gasteiger partial charge on any atom is 0.307 e. The molecule has 0 aromatic carbocycles. The van der Waals surface area contributed by atoms with E-state index in [1.165, 1.54) is 64.2 Å². The first kappa shape index (κ1) is 51.3. The van der Waals surface area contributed by atoms with Crippen molar-refractivity contribution < 1.29 is 28.6 Å². The molecule has 0 aromatic heterocycles. The van der Waals surface area contributed by atoms with E-state index in [0.29, 0.717) is 25.8 Å². The number of rotatable bonds is 39. The molecule has 0 saturated carbocycles. The molecule has 0 aliphatic rings. The molecule has 0 atom stereocenters. The van der Waals surface area contributed by atoms with E-state index in [9.17, 15) is 14.4 Å². The van der Waals surface area contributed by atoms with E-state index in [0.717, 1.165) is 90.1 Å². The molecule has 0 fully saturated rings. The van der Waals surface area contributed by atoms with Crippen molar-refractivity contribution in [2.24, 2.45) is 5.92 Å². The van der Waals surface area contributed by atoms with Gasteiger partial charge < -0.3 is 19.1 Å². The Kier molecular flexibility index (Phi) is 39.4. The van der Waals surface area contributed by atoms with Crippen LogP contribution in [0.5, 0.6) is 0 Å². The van der Waals surface area contributed by atoms with Crippen molar-refractivity contribution in [1.82, 2.24) is 4.90 Å². The molecule has 7 nitrogen and oxygen atoms in total. The van der Waals surface area contributed by atoms with Gasteiger partial charge in [-0.1, -0.05) is 141 Å². The van der Waals surface area contributed by atoms with Gasteiger partial charge in [0.15, 0.2) is 0 Å². The highest BCUT2D eigenvalue weighted by atomic mass is 16.6. The van der Waals surface area contributed by atoms with Crippen LogP contribution in [0.3, 0.4) is 0 Å². The van der Waals surface area contributed by atoms with Gasteiger partial charge in [0.25, 0.3) is 0 Å². The zero-order valence-corrected chi connectivity index (χ0v) is 35.5. The minimum absolute atomic E-state index is 0.0605. The number of ether oxygens (including phenoxy) is 3. The van der Waals surface area contributed by atoms with Crippen LogP contribution >= 0.6 is 0 Å². The van der Waals surface area contributed by atoms with E-state index >= 15 is 0 Å². The molecular formula is C47H83NO6. The fourth-order valence-corrected chi connectivity index (χ4v) is 5.94. The second-order valence-corrected chi connectivity index (χ2v) is 14.7. The highest BCUT2D eigenvalue weighted by molar-refractivity contribution is 5.70. The van der Waals surface area contributed by atoms with E-state index < -0.39 is 0 Å². The Morgan fingerprint density at radius 2 is 0.759 bits per heavy atom. The zero-order chi connectivity index (χ0) is 39.6. The van der Waals surface area contributed by atoms with Gasteiger partial charge in [-0.3, -0.25) is 14.4 Å². The summed E-state index contributed by atoms with van der Waals surface area (Å²) in [6, 6.07) is 0. The van der Waals surface area contributed by atoms with Crippen LogP contribution in [-0.2, 0) is 28.6 Å². The van der Waals surface area contributed by atoms with Gasteiger partial charge in [0.1, 0.15) is 19.8 Å². The van der Waals surface area contributed by atoms with Crippen molar-refractivity contribution >= 4 is 17.9 Å². The van der Waals surface area contributed by atoms with Gasteiger partial charge in [0.2, 0.25) is 0 Å².